The van der Waals surface area contributed by atoms with Gasteiger partial charge in [-0.15, -0.1) is 0 Å². The molecule has 0 aromatic heterocycles. The van der Waals surface area contributed by atoms with E-state index in [0.29, 0.717) is 0 Å². The second kappa shape index (κ2) is 10.2. The lowest BCUT2D eigenvalue weighted by atomic mass is 10.1. The van der Waals surface area contributed by atoms with Gasteiger partial charge in [0.1, 0.15) is 24.2 Å². The summed E-state index contributed by atoms with van der Waals surface area (Å²) in [7, 11) is 0. The summed E-state index contributed by atoms with van der Waals surface area (Å²) in [5, 5.41) is 32.6. The molecule has 12 nitrogen and oxygen atoms in total. The molecule has 0 aromatic rings. The summed E-state index contributed by atoms with van der Waals surface area (Å²) in [5.74, 6) is -5.40. The van der Waals surface area contributed by atoms with Gasteiger partial charge in [0.2, 0.25) is 17.7 Å². The molecule has 0 aliphatic rings. The lowest BCUT2D eigenvalue weighted by Gasteiger charge is -2.21. The maximum absolute atomic E-state index is 12.1. The van der Waals surface area contributed by atoms with Crippen LogP contribution in [0.25, 0.3) is 0 Å². The molecular formula is C13H22N4O8. The summed E-state index contributed by atoms with van der Waals surface area (Å²) in [6.07, 6.45) is -0.782. The number of amides is 3. The number of nitrogens with one attached hydrogen (secondary N) is 3. The van der Waals surface area contributed by atoms with Gasteiger partial charge in [0.25, 0.3) is 0 Å². The van der Waals surface area contributed by atoms with Crippen molar-refractivity contribution in [1.29, 1.82) is 0 Å². The number of carboxylic acid groups (broad SMARTS) is 2. The van der Waals surface area contributed by atoms with Gasteiger partial charge in [-0.25, -0.2) is 0 Å². The van der Waals surface area contributed by atoms with Crippen molar-refractivity contribution in [2.75, 3.05) is 6.61 Å². The molecule has 25 heavy (non-hydrogen) atoms. The summed E-state index contributed by atoms with van der Waals surface area (Å²) in [6, 6.07) is -5.26. The number of aliphatic carboxylic acids is 2. The largest absolute Gasteiger partial charge is 0.481 e. The zero-order chi connectivity index (χ0) is 19.7. The predicted octanol–water partition coefficient (Wildman–Crippen LogP) is -3.64. The summed E-state index contributed by atoms with van der Waals surface area (Å²) in [5.41, 5.74) is 5.27. The van der Waals surface area contributed by atoms with E-state index in [4.69, 9.17) is 21.1 Å². The van der Waals surface area contributed by atoms with Crippen LogP contribution in [-0.2, 0) is 24.0 Å². The average Bonchev–Trinajstić information content (AvgIpc) is 2.52. The zero-order valence-electron chi connectivity index (χ0n) is 13.7. The lowest BCUT2D eigenvalue weighted by molar-refractivity contribution is -0.142. The number of carboxylic acids is 2. The standard InChI is InChI=1S/C13H22N4O8/c1-5(10(21)16-6(2)13(24)25)15-12(23)8(3-9(19)20)17-11(22)7(14)4-18/h5-8,18H,3-4,14H2,1-2H3,(H,15,23)(H,16,21)(H,17,22)(H,19,20)(H,24,25). The Labute approximate surface area is 142 Å². The molecule has 0 aliphatic heterocycles. The predicted molar refractivity (Wildman–Crippen MR) is 82.1 cm³/mol. The van der Waals surface area contributed by atoms with Crippen LogP contribution in [0.3, 0.4) is 0 Å². The van der Waals surface area contributed by atoms with Crippen LogP contribution in [-0.4, -0.2) is 75.8 Å². The molecule has 12 heteroatoms. The van der Waals surface area contributed by atoms with Gasteiger partial charge in [0.15, 0.2) is 0 Å². The SMILES string of the molecule is CC(NC(=O)C(C)NC(=O)C(CC(=O)O)NC(=O)C(N)CO)C(=O)O. The number of carbonyl (C=O) groups excluding carboxylic acids is 3. The Balaban J connectivity index is 4.90. The van der Waals surface area contributed by atoms with Gasteiger partial charge in [-0.05, 0) is 13.8 Å². The monoisotopic (exact) mass is 362 g/mol. The van der Waals surface area contributed by atoms with Crippen molar-refractivity contribution in [3.63, 3.8) is 0 Å². The van der Waals surface area contributed by atoms with Gasteiger partial charge in [-0.3, -0.25) is 24.0 Å². The second-order valence-electron chi connectivity index (χ2n) is 5.25. The number of hydrogen-bond acceptors (Lipinski definition) is 7. The molecule has 0 spiro atoms. The molecule has 0 bridgehead atoms. The molecule has 0 heterocycles. The van der Waals surface area contributed by atoms with Crippen LogP contribution in [0, 0.1) is 0 Å². The molecule has 0 saturated heterocycles. The van der Waals surface area contributed by atoms with E-state index < -0.39 is 66.9 Å². The quantitative estimate of drug-likeness (QED) is 0.204. The number of hydrogen-bond donors (Lipinski definition) is 7. The van der Waals surface area contributed by atoms with Gasteiger partial charge >= 0.3 is 11.9 Å². The highest BCUT2D eigenvalue weighted by molar-refractivity contribution is 5.95. The molecule has 0 fully saturated rings. The molecule has 4 unspecified atom stereocenters. The molecule has 0 aromatic carbocycles. The third-order valence-corrected chi connectivity index (χ3v) is 3.03. The lowest BCUT2D eigenvalue weighted by Crippen LogP contribution is -2.56. The Kier molecular flexibility index (Phi) is 9.09. The molecule has 3 amide bonds. The molecule has 4 atom stereocenters. The van der Waals surface area contributed by atoms with Gasteiger partial charge < -0.3 is 37.0 Å². The third kappa shape index (κ3) is 8.08. The van der Waals surface area contributed by atoms with E-state index in [-0.39, 0.29) is 0 Å². The Hall–Kier alpha value is -2.73. The smallest absolute Gasteiger partial charge is 0.325 e. The molecular weight excluding hydrogens is 340 g/mol. The van der Waals surface area contributed by atoms with Gasteiger partial charge in [-0.1, -0.05) is 0 Å². The number of aliphatic hydroxyl groups is 1. The van der Waals surface area contributed by atoms with Crippen LogP contribution >= 0.6 is 0 Å². The van der Waals surface area contributed by atoms with Crippen molar-refractivity contribution in [2.24, 2.45) is 5.73 Å². The highest BCUT2D eigenvalue weighted by Crippen LogP contribution is 1.97. The molecule has 0 radical (unpaired) electrons. The fourth-order valence-corrected chi connectivity index (χ4v) is 1.53. The van der Waals surface area contributed by atoms with E-state index in [2.05, 4.69) is 16.0 Å². The van der Waals surface area contributed by atoms with Crippen molar-refractivity contribution < 1.29 is 39.3 Å². The van der Waals surface area contributed by atoms with Crippen molar-refractivity contribution in [3.8, 4) is 0 Å². The average molecular weight is 362 g/mol. The summed E-state index contributed by atoms with van der Waals surface area (Å²) >= 11 is 0. The number of aliphatic hydroxyl groups excluding tert-OH is 1. The van der Waals surface area contributed by atoms with Crippen molar-refractivity contribution in [1.82, 2.24) is 16.0 Å². The van der Waals surface area contributed by atoms with Gasteiger partial charge in [-0.2, -0.15) is 0 Å². The Morgan fingerprint density at radius 3 is 1.84 bits per heavy atom. The number of carbonyl (C=O) groups is 5. The van der Waals surface area contributed by atoms with E-state index >= 15 is 0 Å². The highest BCUT2D eigenvalue weighted by Gasteiger charge is 2.28. The fraction of sp³-hybridized carbons (Fsp3) is 0.615. The molecule has 8 N–H and O–H groups in total. The minimum absolute atomic E-state index is 0.709. The maximum Gasteiger partial charge on any atom is 0.325 e. The van der Waals surface area contributed by atoms with Crippen molar-refractivity contribution in [2.45, 2.75) is 44.4 Å². The van der Waals surface area contributed by atoms with E-state index in [9.17, 15) is 24.0 Å². The normalized spacial score (nSPS) is 15.2. The number of rotatable bonds is 10. The van der Waals surface area contributed by atoms with Gasteiger partial charge in [0, 0.05) is 0 Å². The van der Waals surface area contributed by atoms with Crippen LogP contribution in [0.15, 0.2) is 0 Å². The van der Waals surface area contributed by atoms with Crippen molar-refractivity contribution >= 4 is 29.7 Å². The minimum atomic E-state index is -1.53. The molecule has 0 saturated carbocycles. The van der Waals surface area contributed by atoms with Gasteiger partial charge in [0.05, 0.1) is 13.0 Å². The maximum atomic E-state index is 12.1. The van der Waals surface area contributed by atoms with E-state index in [1.165, 1.54) is 13.8 Å². The first-order chi connectivity index (χ1) is 11.5. The van der Waals surface area contributed by atoms with E-state index in [1.807, 2.05) is 0 Å². The Morgan fingerprint density at radius 1 is 0.880 bits per heavy atom. The summed E-state index contributed by atoms with van der Waals surface area (Å²) in [6.45, 7) is 1.76. The molecule has 0 aliphatic carbocycles. The van der Waals surface area contributed by atoms with Crippen LogP contribution < -0.4 is 21.7 Å². The summed E-state index contributed by atoms with van der Waals surface area (Å²) < 4.78 is 0. The topological polar surface area (TPSA) is 208 Å². The van der Waals surface area contributed by atoms with Crippen LogP contribution in [0.4, 0.5) is 0 Å². The second-order valence-corrected chi connectivity index (χ2v) is 5.25. The summed E-state index contributed by atoms with van der Waals surface area (Å²) in [4.78, 5) is 56.9. The molecule has 142 valence electrons. The van der Waals surface area contributed by atoms with E-state index in [1.54, 1.807) is 0 Å². The first kappa shape index (κ1) is 22.3. The van der Waals surface area contributed by atoms with Crippen LogP contribution in [0.5, 0.6) is 0 Å². The Bertz CT molecular complexity index is 538. The first-order valence-electron chi connectivity index (χ1n) is 7.21. The van der Waals surface area contributed by atoms with Crippen LogP contribution in [0.2, 0.25) is 0 Å². The van der Waals surface area contributed by atoms with E-state index in [0.717, 1.165) is 0 Å². The molecule has 0 rings (SSSR count). The highest BCUT2D eigenvalue weighted by atomic mass is 16.4. The zero-order valence-corrected chi connectivity index (χ0v) is 13.7. The van der Waals surface area contributed by atoms with Crippen molar-refractivity contribution in [3.05, 3.63) is 0 Å². The fourth-order valence-electron chi connectivity index (χ4n) is 1.53. The number of nitrogens with two attached hydrogens (primary N) is 1. The Morgan fingerprint density at radius 2 is 1.40 bits per heavy atom. The van der Waals surface area contributed by atoms with Crippen LogP contribution in [0.1, 0.15) is 20.3 Å². The minimum Gasteiger partial charge on any atom is -0.481 e. The third-order valence-electron chi connectivity index (χ3n) is 3.03. The first-order valence-corrected chi connectivity index (χ1v) is 7.21.